The van der Waals surface area contributed by atoms with Crippen LogP contribution in [0, 0.1) is 0 Å². The van der Waals surface area contributed by atoms with Gasteiger partial charge in [0.05, 0.1) is 5.56 Å². The summed E-state index contributed by atoms with van der Waals surface area (Å²) >= 11 is 5.35. The fourth-order valence-corrected chi connectivity index (χ4v) is 2.09. The molecule has 6 heteroatoms. The van der Waals surface area contributed by atoms with Crippen LogP contribution in [-0.4, -0.2) is 17.2 Å². The Morgan fingerprint density at radius 1 is 1.00 bits per heavy atom. The summed E-state index contributed by atoms with van der Waals surface area (Å²) in [6.07, 6.45) is 0. The molecule has 0 unspecified atom stereocenters. The van der Waals surface area contributed by atoms with E-state index < -0.39 is 17.2 Å². The third kappa shape index (κ3) is 2.39. The van der Waals surface area contributed by atoms with Gasteiger partial charge in [0.1, 0.15) is 17.1 Å². The summed E-state index contributed by atoms with van der Waals surface area (Å²) in [7, 11) is 0. The number of benzene rings is 2. The Morgan fingerprint density at radius 2 is 1.71 bits per heavy atom. The Kier molecular flexibility index (Phi) is 3.19. The summed E-state index contributed by atoms with van der Waals surface area (Å²) < 4.78 is 10.1. The van der Waals surface area contributed by atoms with Crippen LogP contribution in [0.25, 0.3) is 0 Å². The van der Waals surface area contributed by atoms with E-state index in [0.29, 0.717) is 11.3 Å². The maximum Gasteiger partial charge on any atom is 0.350 e. The zero-order valence-corrected chi connectivity index (χ0v) is 11.2. The summed E-state index contributed by atoms with van der Waals surface area (Å²) in [5.74, 6) is -0.813. The molecule has 0 fully saturated rings. The smallest absolute Gasteiger partial charge is 0.350 e. The average molecular weight is 303 g/mol. The number of carbonyl (C=O) groups excluding carboxylic acids is 3. The number of ether oxygens (including phenoxy) is 2. The van der Waals surface area contributed by atoms with Crippen LogP contribution in [0.5, 0.6) is 11.5 Å². The summed E-state index contributed by atoms with van der Waals surface area (Å²) in [6, 6.07) is 10.7. The fraction of sp³-hybridized carbons (Fsp3) is 0. The van der Waals surface area contributed by atoms with Gasteiger partial charge in [-0.2, -0.15) is 0 Å². The van der Waals surface area contributed by atoms with Gasteiger partial charge in [-0.1, -0.05) is 6.07 Å². The summed E-state index contributed by atoms with van der Waals surface area (Å²) in [5, 5.41) is -0.573. The number of carbonyl (C=O) groups is 3. The van der Waals surface area contributed by atoms with Gasteiger partial charge in [0.25, 0.3) is 5.24 Å². The molecule has 0 saturated heterocycles. The highest BCUT2D eigenvalue weighted by Crippen LogP contribution is 2.32. The molecule has 0 aromatic heterocycles. The topological polar surface area (TPSA) is 69.7 Å². The number of fused-ring (bicyclic) bond motifs is 1. The lowest BCUT2D eigenvalue weighted by Gasteiger charge is -2.08. The third-order valence-electron chi connectivity index (χ3n) is 2.94. The molecular weight excluding hydrogens is 296 g/mol. The number of hydrogen-bond donors (Lipinski definition) is 0. The van der Waals surface area contributed by atoms with Crippen molar-refractivity contribution in [1.82, 2.24) is 0 Å². The lowest BCUT2D eigenvalue weighted by molar-refractivity contribution is 0.0443. The van der Waals surface area contributed by atoms with Crippen LogP contribution in [0.1, 0.15) is 31.1 Å². The summed E-state index contributed by atoms with van der Waals surface area (Å²) in [5.41, 5.74) is 0.599. The second-order valence-corrected chi connectivity index (χ2v) is 4.60. The second-order valence-electron chi connectivity index (χ2n) is 4.26. The highest BCUT2D eigenvalue weighted by atomic mass is 35.5. The maximum absolute atomic E-state index is 11.6. The Balaban J connectivity index is 1.94. The normalized spacial score (nSPS) is 12.8. The van der Waals surface area contributed by atoms with E-state index in [2.05, 4.69) is 4.74 Å². The van der Waals surface area contributed by atoms with E-state index in [0.717, 1.165) is 0 Å². The molecule has 3 rings (SSSR count). The molecule has 104 valence electrons. The molecule has 0 spiro atoms. The number of rotatable bonds is 3. The molecule has 2 aromatic rings. The molecule has 0 amide bonds. The predicted molar refractivity (Wildman–Crippen MR) is 72.9 cm³/mol. The van der Waals surface area contributed by atoms with Gasteiger partial charge >= 0.3 is 11.9 Å². The fourth-order valence-electron chi connectivity index (χ4n) is 1.97. The summed E-state index contributed by atoms with van der Waals surface area (Å²) in [4.78, 5) is 34.1. The van der Waals surface area contributed by atoms with Crippen molar-refractivity contribution >= 4 is 28.8 Å². The van der Waals surface area contributed by atoms with Crippen LogP contribution in [0.4, 0.5) is 0 Å². The van der Waals surface area contributed by atoms with Crippen molar-refractivity contribution < 1.29 is 23.9 Å². The minimum atomic E-state index is -0.738. The van der Waals surface area contributed by atoms with Gasteiger partial charge in [0.15, 0.2) is 0 Å². The second kappa shape index (κ2) is 5.03. The monoisotopic (exact) mass is 302 g/mol. The molecule has 0 atom stereocenters. The molecule has 0 aliphatic carbocycles. The minimum Gasteiger partial charge on any atom is -0.456 e. The Bertz CT molecular complexity index is 764. The lowest BCUT2D eigenvalue weighted by atomic mass is 10.1. The summed E-state index contributed by atoms with van der Waals surface area (Å²) in [6.45, 7) is 0. The van der Waals surface area contributed by atoms with E-state index in [9.17, 15) is 14.4 Å². The first-order chi connectivity index (χ1) is 10.1. The molecule has 0 N–H and O–H groups in total. The van der Waals surface area contributed by atoms with E-state index in [1.807, 2.05) is 0 Å². The van der Waals surface area contributed by atoms with Gasteiger partial charge in [-0.15, -0.1) is 0 Å². The third-order valence-corrected chi connectivity index (χ3v) is 3.16. The van der Waals surface area contributed by atoms with Gasteiger partial charge in [0.2, 0.25) is 0 Å². The average Bonchev–Trinajstić information content (AvgIpc) is 2.76. The number of esters is 2. The van der Waals surface area contributed by atoms with E-state index in [-0.39, 0.29) is 16.9 Å². The Hall–Kier alpha value is -2.66. The number of halogens is 1. The van der Waals surface area contributed by atoms with Crippen LogP contribution in [-0.2, 0) is 4.74 Å². The largest absolute Gasteiger partial charge is 0.456 e. The van der Waals surface area contributed by atoms with Crippen LogP contribution in [0.3, 0.4) is 0 Å². The maximum atomic E-state index is 11.6. The molecular formula is C15H7ClO5. The van der Waals surface area contributed by atoms with E-state index >= 15 is 0 Å². The van der Waals surface area contributed by atoms with E-state index in [1.165, 1.54) is 30.3 Å². The zero-order chi connectivity index (χ0) is 15.0. The van der Waals surface area contributed by atoms with Gasteiger partial charge in [-0.05, 0) is 48.0 Å². The molecule has 5 nitrogen and oxygen atoms in total. The highest BCUT2D eigenvalue weighted by Gasteiger charge is 2.33. The predicted octanol–water partition coefficient (Wildman–Crippen LogP) is 3.17. The highest BCUT2D eigenvalue weighted by molar-refractivity contribution is 6.67. The zero-order valence-electron chi connectivity index (χ0n) is 10.5. The Labute approximate surface area is 124 Å². The van der Waals surface area contributed by atoms with Crippen LogP contribution >= 0.6 is 11.6 Å². The molecule has 1 heterocycles. The van der Waals surface area contributed by atoms with Gasteiger partial charge in [0, 0.05) is 5.56 Å². The van der Waals surface area contributed by atoms with Crippen molar-refractivity contribution in [2.45, 2.75) is 0 Å². The SMILES string of the molecule is O=C(Cl)c1ccc(Oc2cccc3c2C(=O)OC3=O)cc1. The standard InChI is InChI=1S/C15H7ClO5/c16-13(17)8-4-6-9(7-5-8)20-11-3-1-2-10-12(11)15(19)21-14(10)18/h1-7H. The van der Waals surface area contributed by atoms with Crippen LogP contribution < -0.4 is 4.74 Å². The van der Waals surface area contributed by atoms with Crippen molar-refractivity contribution in [2.24, 2.45) is 0 Å². The van der Waals surface area contributed by atoms with Crippen molar-refractivity contribution in [3.05, 3.63) is 59.2 Å². The van der Waals surface area contributed by atoms with Crippen LogP contribution in [0.2, 0.25) is 0 Å². The number of hydrogen-bond acceptors (Lipinski definition) is 5. The molecule has 0 radical (unpaired) electrons. The van der Waals surface area contributed by atoms with E-state index in [4.69, 9.17) is 16.3 Å². The minimum absolute atomic E-state index is 0.0972. The van der Waals surface area contributed by atoms with Crippen molar-refractivity contribution in [3.63, 3.8) is 0 Å². The van der Waals surface area contributed by atoms with E-state index in [1.54, 1.807) is 12.1 Å². The molecule has 2 aromatic carbocycles. The van der Waals surface area contributed by atoms with Crippen molar-refractivity contribution in [1.29, 1.82) is 0 Å². The molecule has 21 heavy (non-hydrogen) atoms. The molecule has 0 bridgehead atoms. The molecule has 0 saturated carbocycles. The van der Waals surface area contributed by atoms with Gasteiger partial charge < -0.3 is 9.47 Å². The first-order valence-electron chi connectivity index (χ1n) is 5.93. The lowest BCUT2D eigenvalue weighted by Crippen LogP contribution is -1.98. The first-order valence-corrected chi connectivity index (χ1v) is 6.31. The van der Waals surface area contributed by atoms with Gasteiger partial charge in [-0.25, -0.2) is 9.59 Å². The Morgan fingerprint density at radius 3 is 2.38 bits per heavy atom. The molecule has 1 aliphatic rings. The first kappa shape index (κ1) is 13.3. The van der Waals surface area contributed by atoms with Crippen molar-refractivity contribution in [2.75, 3.05) is 0 Å². The quantitative estimate of drug-likeness (QED) is 0.495. The van der Waals surface area contributed by atoms with Crippen LogP contribution in [0.15, 0.2) is 42.5 Å². The molecule has 1 aliphatic heterocycles. The number of cyclic esters (lactones) is 2. The van der Waals surface area contributed by atoms with Gasteiger partial charge in [-0.3, -0.25) is 4.79 Å². The van der Waals surface area contributed by atoms with Crippen molar-refractivity contribution in [3.8, 4) is 11.5 Å².